The van der Waals surface area contributed by atoms with E-state index >= 15 is 0 Å². The van der Waals surface area contributed by atoms with E-state index in [2.05, 4.69) is 29.3 Å². The van der Waals surface area contributed by atoms with Crippen LogP contribution in [0.3, 0.4) is 0 Å². The van der Waals surface area contributed by atoms with Gasteiger partial charge in [-0.1, -0.05) is 36.4 Å². The lowest BCUT2D eigenvalue weighted by Crippen LogP contribution is -2.38. The second-order valence-electron chi connectivity index (χ2n) is 6.15. The maximum atomic E-state index is 12.3. The third-order valence-corrected chi connectivity index (χ3v) is 4.16. The summed E-state index contributed by atoms with van der Waals surface area (Å²) in [6, 6.07) is 16.3. The number of hydrogen-bond acceptors (Lipinski definition) is 3. The van der Waals surface area contributed by atoms with Crippen LogP contribution in [0.1, 0.15) is 16.7 Å². The van der Waals surface area contributed by atoms with E-state index in [1.54, 1.807) is 0 Å². The minimum Gasteiger partial charge on any atom is -0.329 e. The lowest BCUT2D eigenvalue weighted by molar-refractivity contribution is -0.117. The second kappa shape index (κ2) is 9.21. The number of rotatable bonds is 8. The average Bonchev–Trinajstić information content (AvgIpc) is 2.57. The van der Waals surface area contributed by atoms with E-state index in [1.165, 1.54) is 16.7 Å². The monoisotopic (exact) mass is 325 g/mol. The number of hydrogen-bond donors (Lipinski definition) is 2. The Morgan fingerprint density at radius 3 is 2.46 bits per heavy atom. The van der Waals surface area contributed by atoms with Crippen LogP contribution in [0.4, 0.5) is 5.69 Å². The van der Waals surface area contributed by atoms with Crippen LogP contribution in [0.5, 0.6) is 0 Å². The average molecular weight is 325 g/mol. The fourth-order valence-corrected chi connectivity index (χ4v) is 2.61. The lowest BCUT2D eigenvalue weighted by Gasteiger charge is -2.21. The Balaban J connectivity index is 1.88. The van der Waals surface area contributed by atoms with E-state index in [0.717, 1.165) is 18.7 Å². The number of carbonyl (C=O) groups is 1. The molecule has 0 atom stereocenters. The van der Waals surface area contributed by atoms with Crippen LogP contribution in [0.15, 0.2) is 48.5 Å². The van der Waals surface area contributed by atoms with Crippen LogP contribution in [0.2, 0.25) is 0 Å². The number of amides is 1. The minimum atomic E-state index is -0.000218. The molecule has 0 radical (unpaired) electrons. The van der Waals surface area contributed by atoms with Crippen LogP contribution in [0, 0.1) is 13.8 Å². The van der Waals surface area contributed by atoms with Gasteiger partial charge < -0.3 is 11.1 Å². The molecule has 0 aliphatic heterocycles. The first-order chi connectivity index (χ1) is 11.6. The Morgan fingerprint density at radius 1 is 1.04 bits per heavy atom. The van der Waals surface area contributed by atoms with Gasteiger partial charge in [-0.15, -0.1) is 0 Å². The molecule has 0 aliphatic carbocycles. The smallest absolute Gasteiger partial charge is 0.238 e. The number of nitrogens with zero attached hydrogens (tertiary/aromatic N) is 1. The van der Waals surface area contributed by atoms with Crippen LogP contribution < -0.4 is 11.1 Å². The summed E-state index contributed by atoms with van der Waals surface area (Å²) in [7, 11) is 0. The van der Waals surface area contributed by atoms with Crippen LogP contribution in [-0.2, 0) is 11.2 Å². The molecule has 24 heavy (non-hydrogen) atoms. The molecule has 2 aromatic carbocycles. The summed E-state index contributed by atoms with van der Waals surface area (Å²) in [4.78, 5) is 14.4. The van der Waals surface area contributed by atoms with Crippen LogP contribution in [-0.4, -0.2) is 37.0 Å². The van der Waals surface area contributed by atoms with Gasteiger partial charge in [0.25, 0.3) is 0 Å². The van der Waals surface area contributed by atoms with Crippen LogP contribution >= 0.6 is 0 Å². The summed E-state index contributed by atoms with van der Waals surface area (Å²) in [6.07, 6.45) is 0.914. The van der Waals surface area contributed by atoms with Gasteiger partial charge in [-0.25, -0.2) is 0 Å². The summed E-state index contributed by atoms with van der Waals surface area (Å²) in [5.41, 5.74) is 10.2. The molecule has 2 aromatic rings. The van der Waals surface area contributed by atoms with Gasteiger partial charge in [0.05, 0.1) is 6.54 Å². The fraction of sp³-hybridized carbons (Fsp3) is 0.350. The topological polar surface area (TPSA) is 58.4 Å². The fourth-order valence-electron chi connectivity index (χ4n) is 2.61. The number of anilines is 1. The predicted molar refractivity (Wildman–Crippen MR) is 100 cm³/mol. The Kier molecular flexibility index (Phi) is 6.97. The molecule has 128 valence electrons. The highest BCUT2D eigenvalue weighted by molar-refractivity contribution is 5.92. The molecule has 0 spiro atoms. The van der Waals surface area contributed by atoms with Gasteiger partial charge in [-0.05, 0) is 49.1 Å². The molecule has 0 saturated heterocycles. The molecule has 0 saturated carbocycles. The van der Waals surface area contributed by atoms with Gasteiger partial charge in [-0.2, -0.15) is 0 Å². The van der Waals surface area contributed by atoms with Gasteiger partial charge in [0.2, 0.25) is 5.91 Å². The molecule has 0 fully saturated rings. The first-order valence-electron chi connectivity index (χ1n) is 8.42. The third kappa shape index (κ3) is 5.80. The summed E-state index contributed by atoms with van der Waals surface area (Å²) < 4.78 is 0. The van der Waals surface area contributed by atoms with Crippen molar-refractivity contribution in [3.05, 3.63) is 65.2 Å². The first-order valence-corrected chi connectivity index (χ1v) is 8.42. The molecular weight excluding hydrogens is 298 g/mol. The Bertz CT molecular complexity index is 655. The van der Waals surface area contributed by atoms with Gasteiger partial charge in [0.1, 0.15) is 0 Å². The predicted octanol–water partition coefficient (Wildman–Crippen LogP) is 2.75. The van der Waals surface area contributed by atoms with Crippen molar-refractivity contribution < 1.29 is 4.79 Å². The summed E-state index contributed by atoms with van der Waals surface area (Å²) >= 11 is 0. The van der Waals surface area contributed by atoms with Gasteiger partial charge in [0.15, 0.2) is 0 Å². The van der Waals surface area contributed by atoms with Crippen molar-refractivity contribution in [2.75, 3.05) is 31.5 Å². The van der Waals surface area contributed by atoms with E-state index < -0.39 is 0 Å². The van der Waals surface area contributed by atoms with Crippen LogP contribution in [0.25, 0.3) is 0 Å². The SMILES string of the molecule is Cc1ccc(NC(=O)CN(CCN)CCc2ccccc2)cc1C. The first kappa shape index (κ1) is 18.2. The van der Waals surface area contributed by atoms with Crippen molar-refractivity contribution in [1.82, 2.24) is 4.90 Å². The van der Waals surface area contributed by atoms with Crippen molar-refractivity contribution in [1.29, 1.82) is 0 Å². The van der Waals surface area contributed by atoms with Gasteiger partial charge in [0, 0.05) is 25.3 Å². The molecule has 0 aromatic heterocycles. The van der Waals surface area contributed by atoms with E-state index in [4.69, 9.17) is 5.73 Å². The van der Waals surface area contributed by atoms with E-state index in [0.29, 0.717) is 19.6 Å². The molecule has 1 amide bonds. The maximum Gasteiger partial charge on any atom is 0.238 e. The molecule has 2 rings (SSSR count). The number of aryl methyl sites for hydroxylation is 2. The van der Waals surface area contributed by atoms with E-state index in [9.17, 15) is 4.79 Å². The molecule has 0 aliphatic rings. The number of nitrogens with two attached hydrogens (primary N) is 1. The molecule has 0 heterocycles. The lowest BCUT2D eigenvalue weighted by atomic mass is 10.1. The Morgan fingerprint density at radius 2 is 1.79 bits per heavy atom. The normalized spacial score (nSPS) is 10.8. The molecule has 3 N–H and O–H groups in total. The number of nitrogens with one attached hydrogen (secondary N) is 1. The maximum absolute atomic E-state index is 12.3. The molecule has 4 nitrogen and oxygen atoms in total. The second-order valence-corrected chi connectivity index (χ2v) is 6.15. The number of carbonyl (C=O) groups excluding carboxylic acids is 1. The number of benzene rings is 2. The van der Waals surface area contributed by atoms with Crippen molar-refractivity contribution in [2.24, 2.45) is 5.73 Å². The summed E-state index contributed by atoms with van der Waals surface area (Å²) in [5, 5.41) is 2.98. The van der Waals surface area contributed by atoms with Gasteiger partial charge in [-0.3, -0.25) is 9.69 Å². The highest BCUT2D eigenvalue weighted by Crippen LogP contribution is 2.14. The highest BCUT2D eigenvalue weighted by Gasteiger charge is 2.11. The zero-order valence-electron chi connectivity index (χ0n) is 14.6. The zero-order chi connectivity index (χ0) is 17.4. The van der Waals surface area contributed by atoms with Crippen molar-refractivity contribution in [2.45, 2.75) is 20.3 Å². The zero-order valence-corrected chi connectivity index (χ0v) is 14.6. The standard InChI is InChI=1S/C20H27N3O/c1-16-8-9-19(14-17(16)2)22-20(24)15-23(13-11-21)12-10-18-6-4-3-5-7-18/h3-9,14H,10-13,15,21H2,1-2H3,(H,22,24). The Labute approximate surface area is 144 Å². The quantitative estimate of drug-likeness (QED) is 0.784. The molecule has 0 bridgehead atoms. The molecule has 0 unspecified atom stereocenters. The molecule has 4 heteroatoms. The largest absolute Gasteiger partial charge is 0.329 e. The summed E-state index contributed by atoms with van der Waals surface area (Å²) in [6.45, 7) is 6.55. The Hall–Kier alpha value is -2.17. The summed E-state index contributed by atoms with van der Waals surface area (Å²) in [5.74, 6) is -0.000218. The van der Waals surface area contributed by atoms with Gasteiger partial charge >= 0.3 is 0 Å². The third-order valence-electron chi connectivity index (χ3n) is 4.16. The van der Waals surface area contributed by atoms with E-state index in [-0.39, 0.29) is 5.91 Å². The van der Waals surface area contributed by atoms with E-state index in [1.807, 2.05) is 43.3 Å². The highest BCUT2D eigenvalue weighted by atomic mass is 16.2. The molecular formula is C20H27N3O. The van der Waals surface area contributed by atoms with Crippen molar-refractivity contribution in [3.8, 4) is 0 Å². The van der Waals surface area contributed by atoms with Crippen molar-refractivity contribution >= 4 is 11.6 Å². The minimum absolute atomic E-state index is 0.000218. The van der Waals surface area contributed by atoms with Crippen molar-refractivity contribution in [3.63, 3.8) is 0 Å².